The van der Waals surface area contributed by atoms with Crippen molar-refractivity contribution in [3.05, 3.63) is 22.8 Å². The fourth-order valence-electron chi connectivity index (χ4n) is 10.4. The van der Waals surface area contributed by atoms with E-state index in [9.17, 15) is 25.2 Å². The van der Waals surface area contributed by atoms with Crippen molar-refractivity contribution in [2.75, 3.05) is 13.2 Å². The van der Waals surface area contributed by atoms with E-state index in [1.807, 2.05) is 0 Å². The maximum atomic E-state index is 14.5. The Morgan fingerprint density at radius 1 is 1.12 bits per heavy atom. The number of hydrogen-bond donors (Lipinski definition) is 5. The van der Waals surface area contributed by atoms with Gasteiger partial charge >= 0.3 is 0 Å². The predicted octanol–water partition coefficient (Wildman–Crippen LogP) is 2.01. The Morgan fingerprint density at radius 2 is 1.90 bits per heavy atom. The summed E-state index contributed by atoms with van der Waals surface area (Å²) in [4.78, 5) is 14.5. The molecule has 2 saturated carbocycles. The molecule has 3 heterocycles. The number of allylic oxidation sites excluding steroid dienone is 2. The Hall–Kier alpha value is -1.17. The quantitative estimate of drug-likeness (QED) is 0.314. The maximum absolute atomic E-state index is 14.5. The molecule has 5 N–H and O–H groups in total. The van der Waals surface area contributed by atoms with Crippen LogP contribution >= 0.6 is 0 Å². The van der Waals surface area contributed by atoms with Crippen LogP contribution in [-0.4, -0.2) is 93.9 Å². The Morgan fingerprint density at radius 3 is 2.67 bits per heavy atom. The Labute approximate surface area is 248 Å². The number of aliphatic hydroxyl groups excluding tert-OH is 4. The second-order valence-electron chi connectivity index (χ2n) is 14.9. The second-order valence-corrected chi connectivity index (χ2v) is 14.9. The van der Waals surface area contributed by atoms with Crippen LogP contribution in [0.5, 0.6) is 0 Å². The fourth-order valence-corrected chi connectivity index (χ4v) is 10.4. The molecule has 15 atom stereocenters. The average molecular weight is 588 g/mol. The molecular formula is C33H49NO8. The SMILES string of the molecule is CC1=C2C(=O)[C@@H]3[C@H](CC=C4C[C@@H](O[C@H]5O[C@H](CO)[C@@H](O)[C@H](O)[C@H]5O)CC[C@@]43C)[C@@H]2CC[C@]12O[C@@H]1C[C@H](C)CN[C@H]1[C@H]2C. The van der Waals surface area contributed by atoms with Gasteiger partial charge in [-0.15, -0.1) is 0 Å². The van der Waals surface area contributed by atoms with Crippen LogP contribution in [0.1, 0.15) is 72.6 Å². The molecular weight excluding hydrogens is 538 g/mol. The summed E-state index contributed by atoms with van der Waals surface area (Å²) in [7, 11) is 0. The van der Waals surface area contributed by atoms with Crippen molar-refractivity contribution in [2.45, 2.75) is 127 Å². The van der Waals surface area contributed by atoms with E-state index in [0.29, 0.717) is 42.4 Å². The van der Waals surface area contributed by atoms with Crippen molar-refractivity contribution < 1.29 is 39.4 Å². The first kappa shape index (κ1) is 29.5. The molecule has 7 rings (SSSR count). The molecule has 0 radical (unpaired) electrons. The molecule has 0 aromatic heterocycles. The lowest BCUT2D eigenvalue weighted by Gasteiger charge is -2.49. The van der Waals surface area contributed by atoms with E-state index < -0.39 is 37.3 Å². The maximum Gasteiger partial charge on any atom is 0.186 e. The molecule has 4 aliphatic carbocycles. The number of rotatable bonds is 3. The fraction of sp³-hybridized carbons (Fsp3) is 0.848. The van der Waals surface area contributed by atoms with Gasteiger partial charge in [0.05, 0.1) is 24.4 Å². The van der Waals surface area contributed by atoms with Crippen molar-refractivity contribution in [3.63, 3.8) is 0 Å². The number of ketones is 1. The molecule has 0 aromatic rings. The third kappa shape index (κ3) is 4.14. The molecule has 42 heavy (non-hydrogen) atoms. The highest BCUT2D eigenvalue weighted by atomic mass is 16.7. The number of hydrogen-bond acceptors (Lipinski definition) is 9. The minimum Gasteiger partial charge on any atom is -0.394 e. The number of aliphatic hydroxyl groups is 4. The zero-order valence-corrected chi connectivity index (χ0v) is 25.4. The summed E-state index contributed by atoms with van der Waals surface area (Å²) in [6, 6.07) is 0.344. The van der Waals surface area contributed by atoms with Crippen molar-refractivity contribution >= 4 is 5.78 Å². The van der Waals surface area contributed by atoms with E-state index in [4.69, 9.17) is 14.2 Å². The number of carbonyl (C=O) groups is 1. The van der Waals surface area contributed by atoms with Crippen molar-refractivity contribution in [3.8, 4) is 0 Å². The smallest absolute Gasteiger partial charge is 0.186 e. The second kappa shape index (κ2) is 10.4. The molecule has 3 saturated heterocycles. The molecule has 234 valence electrons. The first-order valence-electron chi connectivity index (χ1n) is 16.3. The lowest BCUT2D eigenvalue weighted by molar-refractivity contribution is -0.312. The first-order valence-corrected chi connectivity index (χ1v) is 16.3. The van der Waals surface area contributed by atoms with E-state index >= 15 is 0 Å². The molecule has 1 spiro atoms. The van der Waals surface area contributed by atoms with Gasteiger partial charge in [-0.1, -0.05) is 32.4 Å². The van der Waals surface area contributed by atoms with E-state index in [1.54, 1.807) is 0 Å². The summed E-state index contributed by atoms with van der Waals surface area (Å²) in [5.74, 6) is 1.81. The molecule has 9 heteroatoms. The number of fused-ring (bicyclic) bond motifs is 6. The Kier molecular flexibility index (Phi) is 7.34. The highest BCUT2D eigenvalue weighted by molar-refractivity contribution is 6.02. The molecule has 7 aliphatic rings. The van der Waals surface area contributed by atoms with Crippen LogP contribution < -0.4 is 5.32 Å². The van der Waals surface area contributed by atoms with Gasteiger partial charge in [-0.2, -0.15) is 0 Å². The lowest BCUT2D eigenvalue weighted by atomic mass is 9.56. The summed E-state index contributed by atoms with van der Waals surface area (Å²) < 4.78 is 18.8. The summed E-state index contributed by atoms with van der Waals surface area (Å²) in [6.07, 6.45) is 1.93. The van der Waals surface area contributed by atoms with E-state index in [0.717, 1.165) is 44.2 Å². The van der Waals surface area contributed by atoms with Crippen LogP contribution in [0.3, 0.4) is 0 Å². The minimum atomic E-state index is -1.46. The topological polar surface area (TPSA) is 138 Å². The van der Waals surface area contributed by atoms with Crippen LogP contribution in [0.15, 0.2) is 22.8 Å². The van der Waals surface area contributed by atoms with Gasteiger partial charge in [-0.05, 0) is 87.2 Å². The van der Waals surface area contributed by atoms with Gasteiger partial charge in [0.25, 0.3) is 0 Å². The van der Waals surface area contributed by atoms with E-state index in [2.05, 4.69) is 39.1 Å². The Bertz CT molecular complexity index is 1170. The first-order chi connectivity index (χ1) is 20.0. The van der Waals surface area contributed by atoms with E-state index in [1.165, 1.54) is 11.1 Å². The van der Waals surface area contributed by atoms with Gasteiger partial charge in [-0.25, -0.2) is 0 Å². The van der Waals surface area contributed by atoms with Crippen molar-refractivity contribution in [1.29, 1.82) is 0 Å². The predicted molar refractivity (Wildman–Crippen MR) is 153 cm³/mol. The molecule has 0 bridgehead atoms. The van der Waals surface area contributed by atoms with Gasteiger partial charge in [0.2, 0.25) is 0 Å². The summed E-state index contributed by atoms with van der Waals surface area (Å²) in [5, 5.41) is 44.2. The molecule has 0 aromatic carbocycles. The normalized spacial score (nSPS) is 53.9. The summed E-state index contributed by atoms with van der Waals surface area (Å²) >= 11 is 0. The molecule has 3 aliphatic heterocycles. The molecule has 0 amide bonds. The third-order valence-corrected chi connectivity index (χ3v) is 12.8. The van der Waals surface area contributed by atoms with Gasteiger partial charge in [0, 0.05) is 23.5 Å². The highest BCUT2D eigenvalue weighted by Crippen LogP contribution is 2.64. The number of piperidine rings is 1. The van der Waals surface area contributed by atoms with Crippen LogP contribution in [0.25, 0.3) is 0 Å². The van der Waals surface area contributed by atoms with Crippen molar-refractivity contribution in [2.24, 2.45) is 35.0 Å². The molecule has 9 nitrogen and oxygen atoms in total. The number of carbonyl (C=O) groups excluding carboxylic acids is 1. The number of Topliss-reactive ketones (excluding diaryl/α,β-unsaturated/α-hetero) is 1. The van der Waals surface area contributed by atoms with Crippen LogP contribution in [0, 0.1) is 35.0 Å². The van der Waals surface area contributed by atoms with Crippen LogP contribution in [0.2, 0.25) is 0 Å². The zero-order chi connectivity index (χ0) is 29.7. The van der Waals surface area contributed by atoms with Crippen LogP contribution in [0.4, 0.5) is 0 Å². The van der Waals surface area contributed by atoms with Crippen molar-refractivity contribution in [1.82, 2.24) is 5.32 Å². The third-order valence-electron chi connectivity index (χ3n) is 12.8. The van der Waals surface area contributed by atoms with Crippen LogP contribution in [-0.2, 0) is 19.0 Å². The standard InChI is InChI=1S/C33H49NO8/c1-15-11-22-26(34-13-15)17(3)33(42-22)10-8-20-21-6-5-18-12-19(40-31-30(39)29(38)27(36)23(14-35)41-31)7-9-32(18,4)25(21)28(37)24(20)16(33)2/h5,15,17,19-23,25-27,29-31,34-36,38-39H,6-14H2,1-4H3/t15-,17+,19-,20-,21+,22+,23+,25-,26-,27+,29-,30+,31-,32-,33-/m0/s1. The number of nitrogens with one attached hydrogen (secondary N) is 1. The monoisotopic (exact) mass is 587 g/mol. The zero-order valence-electron chi connectivity index (χ0n) is 25.4. The summed E-state index contributed by atoms with van der Waals surface area (Å²) in [5.41, 5.74) is 2.89. The number of ether oxygens (including phenoxy) is 3. The van der Waals surface area contributed by atoms with Gasteiger partial charge in [0.15, 0.2) is 12.1 Å². The lowest BCUT2D eigenvalue weighted by Crippen LogP contribution is -2.60. The largest absolute Gasteiger partial charge is 0.394 e. The molecule has 0 unspecified atom stereocenters. The van der Waals surface area contributed by atoms with Gasteiger partial charge < -0.3 is 40.0 Å². The average Bonchev–Trinajstić information content (AvgIpc) is 3.42. The Balaban J connectivity index is 1.11. The highest BCUT2D eigenvalue weighted by Gasteiger charge is 2.63. The summed E-state index contributed by atoms with van der Waals surface area (Å²) in [6.45, 7) is 9.60. The van der Waals surface area contributed by atoms with Gasteiger partial charge in [0.1, 0.15) is 24.4 Å². The van der Waals surface area contributed by atoms with Gasteiger partial charge in [-0.3, -0.25) is 4.79 Å². The molecule has 5 fully saturated rings. The minimum absolute atomic E-state index is 0.0482. The van der Waals surface area contributed by atoms with E-state index in [-0.39, 0.29) is 35.1 Å².